The molecule has 0 aromatic carbocycles. The zero-order chi connectivity index (χ0) is 14.2. The summed E-state index contributed by atoms with van der Waals surface area (Å²) < 4.78 is 5.85. The molecule has 20 heavy (non-hydrogen) atoms. The van der Waals surface area contributed by atoms with Gasteiger partial charge in [-0.2, -0.15) is 0 Å². The smallest absolute Gasteiger partial charge is 0.255 e. The van der Waals surface area contributed by atoms with E-state index in [0.717, 1.165) is 26.2 Å². The van der Waals surface area contributed by atoms with E-state index in [1.54, 1.807) is 0 Å². The summed E-state index contributed by atoms with van der Waals surface area (Å²) in [5.74, 6) is 0.214. The third-order valence-corrected chi connectivity index (χ3v) is 5.56. The first-order valence-electron chi connectivity index (χ1n) is 8.15. The molecule has 1 amide bonds. The molecule has 114 valence electrons. The molecule has 2 aliphatic heterocycles. The van der Waals surface area contributed by atoms with Gasteiger partial charge in [0.05, 0.1) is 6.61 Å². The third kappa shape index (κ3) is 2.60. The van der Waals surface area contributed by atoms with E-state index in [2.05, 4.69) is 16.8 Å². The number of hydrogen-bond donors (Lipinski definition) is 0. The van der Waals surface area contributed by atoms with Crippen LogP contribution in [0.4, 0.5) is 0 Å². The maximum absolute atomic E-state index is 12.9. The average molecular weight is 280 g/mol. The van der Waals surface area contributed by atoms with Crippen LogP contribution in [0.3, 0.4) is 0 Å². The largest absolute Gasteiger partial charge is 0.363 e. The molecule has 0 bridgehead atoms. The van der Waals surface area contributed by atoms with E-state index in [-0.39, 0.29) is 5.91 Å². The Morgan fingerprint density at radius 1 is 1.05 bits per heavy atom. The molecule has 4 nitrogen and oxygen atoms in total. The molecule has 0 aromatic rings. The molecule has 2 heterocycles. The first-order chi connectivity index (χ1) is 9.53. The lowest BCUT2D eigenvalue weighted by Crippen LogP contribution is -2.58. The fourth-order valence-electron chi connectivity index (χ4n) is 4.35. The number of amides is 1. The van der Waals surface area contributed by atoms with Gasteiger partial charge in [0.2, 0.25) is 0 Å². The second-order valence-corrected chi connectivity index (χ2v) is 7.35. The van der Waals surface area contributed by atoms with Gasteiger partial charge in [-0.15, -0.1) is 0 Å². The Labute approximate surface area is 122 Å². The highest BCUT2D eigenvalue weighted by Gasteiger charge is 2.46. The second kappa shape index (κ2) is 5.30. The molecule has 1 spiro atoms. The minimum absolute atomic E-state index is 0.214. The Morgan fingerprint density at radius 3 is 2.50 bits per heavy atom. The van der Waals surface area contributed by atoms with Gasteiger partial charge in [0.1, 0.15) is 0 Å². The number of carbonyl (C=O) groups is 1. The quantitative estimate of drug-likeness (QED) is 0.735. The third-order valence-electron chi connectivity index (χ3n) is 5.56. The number of rotatable bonds is 1. The number of likely N-dealkylation sites (tertiary alicyclic amines) is 1. The van der Waals surface area contributed by atoms with Crippen LogP contribution in [0.5, 0.6) is 0 Å². The second-order valence-electron chi connectivity index (χ2n) is 7.35. The summed E-state index contributed by atoms with van der Waals surface area (Å²) >= 11 is 0. The van der Waals surface area contributed by atoms with Gasteiger partial charge in [0.25, 0.3) is 5.91 Å². The number of carbonyl (C=O) groups excluding carboxylic acids is 1. The highest BCUT2D eigenvalue weighted by molar-refractivity contribution is 5.85. The van der Waals surface area contributed by atoms with Crippen LogP contribution in [0.1, 0.15) is 45.4 Å². The lowest BCUT2D eigenvalue weighted by atomic mass is 9.73. The molecule has 1 saturated carbocycles. The Hall–Kier alpha value is -0.610. The standard InChI is InChI=1S/C16H28N2O2/c1-15(12-17(2)10-11-20-15)14(19)18-9-8-16(13-18)6-4-3-5-7-16/h3-13H2,1-2H3/t15-/m1/s1. The molecule has 1 atom stereocenters. The lowest BCUT2D eigenvalue weighted by Gasteiger charge is -2.40. The number of hydrogen-bond acceptors (Lipinski definition) is 3. The Bertz CT molecular complexity index is 379. The van der Waals surface area contributed by atoms with Crippen molar-refractivity contribution in [3.8, 4) is 0 Å². The predicted octanol–water partition coefficient (Wildman–Crippen LogP) is 1.89. The number of ether oxygens (including phenoxy) is 1. The molecule has 0 N–H and O–H groups in total. The Kier molecular flexibility index (Phi) is 3.80. The maximum Gasteiger partial charge on any atom is 0.255 e. The normalized spacial score (nSPS) is 34.6. The SMILES string of the molecule is CN1CCO[C@@](C)(C(=O)N2CCC3(CCCCC3)C2)C1. The van der Waals surface area contributed by atoms with Crippen molar-refractivity contribution in [1.82, 2.24) is 9.80 Å². The maximum atomic E-state index is 12.9. The minimum atomic E-state index is -0.632. The topological polar surface area (TPSA) is 32.8 Å². The summed E-state index contributed by atoms with van der Waals surface area (Å²) in [7, 11) is 2.07. The summed E-state index contributed by atoms with van der Waals surface area (Å²) in [6, 6.07) is 0. The zero-order valence-corrected chi connectivity index (χ0v) is 13.0. The molecule has 2 saturated heterocycles. The van der Waals surface area contributed by atoms with Crippen LogP contribution in [0, 0.1) is 5.41 Å². The molecule has 0 unspecified atom stereocenters. The first kappa shape index (κ1) is 14.3. The molecule has 0 radical (unpaired) electrons. The van der Waals surface area contributed by atoms with Crippen LogP contribution >= 0.6 is 0 Å². The van der Waals surface area contributed by atoms with Gasteiger partial charge in [0.15, 0.2) is 5.60 Å². The van der Waals surface area contributed by atoms with Crippen molar-refractivity contribution in [1.29, 1.82) is 0 Å². The molecular formula is C16H28N2O2. The molecule has 3 rings (SSSR count). The summed E-state index contributed by atoms with van der Waals surface area (Å²) in [5, 5.41) is 0. The summed E-state index contributed by atoms with van der Waals surface area (Å²) in [4.78, 5) is 17.2. The summed E-state index contributed by atoms with van der Waals surface area (Å²) in [6.07, 6.45) is 7.89. The number of nitrogens with zero attached hydrogens (tertiary/aromatic N) is 2. The highest BCUT2D eigenvalue weighted by Crippen LogP contribution is 2.44. The fourth-order valence-corrected chi connectivity index (χ4v) is 4.35. The summed E-state index contributed by atoms with van der Waals surface area (Å²) in [6.45, 7) is 6.17. The van der Waals surface area contributed by atoms with Crippen LogP contribution in [0.15, 0.2) is 0 Å². The van der Waals surface area contributed by atoms with E-state index in [1.165, 1.54) is 38.5 Å². The van der Waals surface area contributed by atoms with Gasteiger partial charge in [-0.05, 0) is 38.6 Å². The van der Waals surface area contributed by atoms with E-state index in [4.69, 9.17) is 4.74 Å². The lowest BCUT2D eigenvalue weighted by molar-refractivity contribution is -0.165. The van der Waals surface area contributed by atoms with E-state index in [9.17, 15) is 4.79 Å². The van der Waals surface area contributed by atoms with Gasteiger partial charge in [-0.3, -0.25) is 4.79 Å². The Morgan fingerprint density at radius 2 is 1.80 bits per heavy atom. The van der Waals surface area contributed by atoms with Crippen molar-refractivity contribution in [2.75, 3.05) is 39.8 Å². The molecule has 0 aromatic heterocycles. The monoisotopic (exact) mass is 280 g/mol. The molecular weight excluding hydrogens is 252 g/mol. The van der Waals surface area contributed by atoms with E-state index in [0.29, 0.717) is 12.0 Å². The van der Waals surface area contributed by atoms with Crippen molar-refractivity contribution >= 4 is 5.91 Å². The molecule has 3 aliphatic rings. The van der Waals surface area contributed by atoms with Crippen molar-refractivity contribution in [2.45, 2.75) is 51.0 Å². The number of morpholine rings is 1. The summed E-state index contributed by atoms with van der Waals surface area (Å²) in [5.41, 5.74) is -0.196. The van der Waals surface area contributed by atoms with Gasteiger partial charge in [0, 0.05) is 26.2 Å². The van der Waals surface area contributed by atoms with E-state index < -0.39 is 5.60 Å². The Balaban J connectivity index is 1.66. The molecule has 4 heteroatoms. The van der Waals surface area contributed by atoms with Crippen LogP contribution in [0.25, 0.3) is 0 Å². The van der Waals surface area contributed by atoms with Gasteiger partial charge < -0.3 is 14.5 Å². The average Bonchev–Trinajstić information content (AvgIpc) is 2.82. The van der Waals surface area contributed by atoms with Crippen LogP contribution < -0.4 is 0 Å². The van der Waals surface area contributed by atoms with Gasteiger partial charge in [-0.1, -0.05) is 19.3 Å². The van der Waals surface area contributed by atoms with Crippen molar-refractivity contribution in [3.63, 3.8) is 0 Å². The van der Waals surface area contributed by atoms with Crippen LogP contribution in [0.2, 0.25) is 0 Å². The van der Waals surface area contributed by atoms with Crippen molar-refractivity contribution < 1.29 is 9.53 Å². The van der Waals surface area contributed by atoms with Crippen LogP contribution in [-0.2, 0) is 9.53 Å². The first-order valence-corrected chi connectivity index (χ1v) is 8.15. The van der Waals surface area contributed by atoms with Crippen molar-refractivity contribution in [3.05, 3.63) is 0 Å². The van der Waals surface area contributed by atoms with E-state index in [1.807, 2.05) is 6.92 Å². The van der Waals surface area contributed by atoms with Gasteiger partial charge >= 0.3 is 0 Å². The van der Waals surface area contributed by atoms with Gasteiger partial charge in [-0.25, -0.2) is 0 Å². The minimum Gasteiger partial charge on any atom is -0.363 e. The zero-order valence-electron chi connectivity index (χ0n) is 13.0. The highest BCUT2D eigenvalue weighted by atomic mass is 16.5. The molecule has 1 aliphatic carbocycles. The fraction of sp³-hybridized carbons (Fsp3) is 0.938. The van der Waals surface area contributed by atoms with E-state index >= 15 is 0 Å². The number of likely N-dealkylation sites (N-methyl/N-ethyl adjacent to an activating group) is 1. The molecule has 3 fully saturated rings. The van der Waals surface area contributed by atoms with Crippen molar-refractivity contribution in [2.24, 2.45) is 5.41 Å². The van der Waals surface area contributed by atoms with Crippen LogP contribution in [-0.4, -0.2) is 61.1 Å². The predicted molar refractivity (Wildman–Crippen MR) is 78.6 cm³/mol.